The van der Waals surface area contributed by atoms with E-state index in [1.165, 1.54) is 18.2 Å². The van der Waals surface area contributed by atoms with Crippen LogP contribution in [0, 0.1) is 6.92 Å². The molecule has 3 aromatic rings. The predicted octanol–water partition coefficient (Wildman–Crippen LogP) is 3.70. The van der Waals surface area contributed by atoms with E-state index in [0.717, 1.165) is 5.56 Å². The second-order valence-corrected chi connectivity index (χ2v) is 7.08. The van der Waals surface area contributed by atoms with Gasteiger partial charge in [-0.25, -0.2) is 8.42 Å². The van der Waals surface area contributed by atoms with E-state index in [2.05, 4.69) is 9.71 Å². The Morgan fingerprint density at radius 3 is 2.70 bits per heavy atom. The number of benzene rings is 2. The highest BCUT2D eigenvalue weighted by Gasteiger charge is 2.22. The molecule has 2 aromatic carbocycles. The molecule has 0 spiro atoms. The van der Waals surface area contributed by atoms with Gasteiger partial charge in [0.25, 0.3) is 10.0 Å². The first-order valence-electron chi connectivity index (χ1n) is 6.75. The fourth-order valence-electron chi connectivity index (χ4n) is 2.30. The molecule has 118 valence electrons. The normalized spacial score (nSPS) is 11.6. The van der Waals surface area contributed by atoms with E-state index in [0.29, 0.717) is 16.6 Å². The monoisotopic (exact) mass is 348 g/mol. The van der Waals surface area contributed by atoms with Gasteiger partial charge < -0.3 is 5.11 Å². The minimum Gasteiger partial charge on any atom is -0.505 e. The van der Waals surface area contributed by atoms with Crippen molar-refractivity contribution in [1.29, 1.82) is 0 Å². The number of phenols is 1. The molecule has 3 rings (SSSR count). The predicted molar refractivity (Wildman–Crippen MR) is 90.4 cm³/mol. The summed E-state index contributed by atoms with van der Waals surface area (Å²) in [5.41, 5.74) is 1.84. The summed E-state index contributed by atoms with van der Waals surface area (Å²) >= 11 is 5.80. The van der Waals surface area contributed by atoms with Crippen LogP contribution in [0.4, 0.5) is 5.69 Å². The van der Waals surface area contributed by atoms with Crippen molar-refractivity contribution in [1.82, 2.24) is 4.98 Å². The largest absolute Gasteiger partial charge is 0.505 e. The van der Waals surface area contributed by atoms with Crippen molar-refractivity contribution in [3.05, 3.63) is 59.2 Å². The van der Waals surface area contributed by atoms with E-state index in [4.69, 9.17) is 11.6 Å². The zero-order valence-corrected chi connectivity index (χ0v) is 13.7. The van der Waals surface area contributed by atoms with Crippen LogP contribution < -0.4 is 4.72 Å². The Bertz CT molecular complexity index is 1000. The number of fused-ring (bicyclic) bond motifs is 1. The van der Waals surface area contributed by atoms with E-state index in [1.54, 1.807) is 31.3 Å². The van der Waals surface area contributed by atoms with Crippen LogP contribution >= 0.6 is 11.6 Å². The van der Waals surface area contributed by atoms with Gasteiger partial charge in [0.15, 0.2) is 5.75 Å². The van der Waals surface area contributed by atoms with Crippen molar-refractivity contribution in [3.8, 4) is 5.75 Å². The summed E-state index contributed by atoms with van der Waals surface area (Å²) in [7, 11) is -3.99. The van der Waals surface area contributed by atoms with Gasteiger partial charge in [0.05, 0.1) is 16.2 Å². The number of sulfonamides is 1. The molecular formula is C16H13ClN2O3S. The average Bonchev–Trinajstić information content (AvgIpc) is 2.52. The summed E-state index contributed by atoms with van der Waals surface area (Å²) in [5.74, 6) is -0.474. The number of hydrogen-bond acceptors (Lipinski definition) is 4. The number of pyridine rings is 1. The number of aromatic nitrogens is 1. The van der Waals surface area contributed by atoms with Crippen molar-refractivity contribution in [2.45, 2.75) is 11.8 Å². The first-order chi connectivity index (χ1) is 10.9. The van der Waals surface area contributed by atoms with Crippen LogP contribution in [-0.2, 0) is 10.0 Å². The lowest BCUT2D eigenvalue weighted by atomic mass is 10.1. The number of rotatable bonds is 3. The molecule has 7 heteroatoms. The van der Waals surface area contributed by atoms with Gasteiger partial charge >= 0.3 is 0 Å². The number of halogens is 1. The maximum Gasteiger partial charge on any atom is 0.265 e. The molecule has 0 unspecified atom stereocenters. The van der Waals surface area contributed by atoms with Crippen LogP contribution in [0.2, 0.25) is 5.02 Å². The van der Waals surface area contributed by atoms with Crippen molar-refractivity contribution in [2.75, 3.05) is 4.72 Å². The second kappa shape index (κ2) is 5.72. The maximum atomic E-state index is 12.6. The van der Waals surface area contributed by atoms with Crippen LogP contribution in [0.25, 0.3) is 10.9 Å². The Morgan fingerprint density at radius 2 is 1.91 bits per heavy atom. The van der Waals surface area contributed by atoms with Gasteiger partial charge in [0, 0.05) is 11.6 Å². The third-order valence-electron chi connectivity index (χ3n) is 3.47. The van der Waals surface area contributed by atoms with E-state index >= 15 is 0 Å². The van der Waals surface area contributed by atoms with Crippen molar-refractivity contribution in [2.24, 2.45) is 0 Å². The van der Waals surface area contributed by atoms with E-state index in [1.807, 2.05) is 6.07 Å². The number of anilines is 1. The van der Waals surface area contributed by atoms with Crippen LogP contribution in [0.15, 0.2) is 53.6 Å². The summed E-state index contributed by atoms with van der Waals surface area (Å²) < 4.78 is 27.8. The van der Waals surface area contributed by atoms with Gasteiger partial charge in [-0.15, -0.1) is 0 Å². The minimum absolute atomic E-state index is 0.0239. The number of hydrogen-bond donors (Lipinski definition) is 2. The fourth-order valence-corrected chi connectivity index (χ4v) is 3.80. The van der Waals surface area contributed by atoms with Gasteiger partial charge in [-0.3, -0.25) is 9.71 Å². The van der Waals surface area contributed by atoms with Gasteiger partial charge in [-0.1, -0.05) is 23.7 Å². The number of nitrogens with zero attached hydrogens (tertiary/aromatic N) is 1. The Morgan fingerprint density at radius 1 is 1.13 bits per heavy atom. The molecule has 0 atom stereocenters. The highest BCUT2D eigenvalue weighted by Crippen LogP contribution is 2.33. The van der Waals surface area contributed by atoms with E-state index in [9.17, 15) is 13.5 Å². The molecular weight excluding hydrogens is 336 g/mol. The summed E-state index contributed by atoms with van der Waals surface area (Å²) in [5, 5.41) is 10.6. The molecule has 1 heterocycles. The van der Waals surface area contributed by atoms with Crippen LogP contribution in [-0.4, -0.2) is 18.5 Å². The summed E-state index contributed by atoms with van der Waals surface area (Å²) in [6.45, 7) is 1.79. The molecule has 5 nitrogen and oxygen atoms in total. The quantitative estimate of drug-likeness (QED) is 0.756. The molecule has 0 aliphatic carbocycles. The Kier molecular flexibility index (Phi) is 3.87. The zero-order valence-electron chi connectivity index (χ0n) is 12.1. The third kappa shape index (κ3) is 2.83. The number of aryl methyl sites for hydroxylation is 1. The molecule has 0 aliphatic rings. The lowest BCUT2D eigenvalue weighted by molar-refractivity contribution is 0.459. The Balaban J connectivity index is 2.15. The Labute approximate surface area is 138 Å². The average molecular weight is 349 g/mol. The van der Waals surface area contributed by atoms with Gasteiger partial charge in [-0.2, -0.15) is 0 Å². The lowest BCUT2D eigenvalue weighted by Gasteiger charge is -2.14. The van der Waals surface area contributed by atoms with Gasteiger partial charge in [-0.05, 0) is 42.8 Å². The number of aromatic hydroxyl groups is 1. The minimum atomic E-state index is -3.99. The molecule has 0 radical (unpaired) electrons. The fraction of sp³-hybridized carbons (Fsp3) is 0.0625. The molecule has 23 heavy (non-hydrogen) atoms. The summed E-state index contributed by atoms with van der Waals surface area (Å²) in [6, 6.07) is 11.3. The molecule has 2 N–H and O–H groups in total. The number of phenolic OH excluding ortho intramolecular Hbond substituents is 1. The van der Waals surface area contributed by atoms with E-state index in [-0.39, 0.29) is 9.92 Å². The van der Waals surface area contributed by atoms with Gasteiger partial charge in [0.2, 0.25) is 0 Å². The molecule has 0 amide bonds. The zero-order chi connectivity index (χ0) is 16.6. The van der Waals surface area contributed by atoms with Crippen molar-refractivity contribution < 1.29 is 13.5 Å². The molecule has 0 saturated carbocycles. The van der Waals surface area contributed by atoms with Gasteiger partial charge in [0.1, 0.15) is 4.90 Å². The highest BCUT2D eigenvalue weighted by atomic mass is 35.5. The van der Waals surface area contributed by atoms with Crippen LogP contribution in [0.3, 0.4) is 0 Å². The maximum absolute atomic E-state index is 12.6. The SMILES string of the molecule is Cc1ccc2ncccc2c1NS(=O)(=O)c1cccc(Cl)c1O. The smallest absolute Gasteiger partial charge is 0.265 e. The molecule has 0 bridgehead atoms. The topological polar surface area (TPSA) is 79.3 Å². The number of para-hydroxylation sites is 1. The molecule has 1 aromatic heterocycles. The number of nitrogens with one attached hydrogen (secondary N) is 1. The Hall–Kier alpha value is -2.31. The second-order valence-electron chi connectivity index (χ2n) is 5.02. The molecule has 0 saturated heterocycles. The summed E-state index contributed by atoms with van der Waals surface area (Å²) in [4.78, 5) is 3.94. The lowest BCUT2D eigenvalue weighted by Crippen LogP contribution is -2.14. The van der Waals surface area contributed by atoms with Crippen LogP contribution in [0.5, 0.6) is 5.75 Å². The summed E-state index contributed by atoms with van der Waals surface area (Å²) in [6.07, 6.45) is 1.64. The van der Waals surface area contributed by atoms with Crippen molar-refractivity contribution >= 4 is 38.2 Å². The molecule has 0 fully saturated rings. The first-order valence-corrected chi connectivity index (χ1v) is 8.61. The third-order valence-corrected chi connectivity index (χ3v) is 5.16. The highest BCUT2D eigenvalue weighted by molar-refractivity contribution is 7.92. The molecule has 0 aliphatic heterocycles. The standard InChI is InChI=1S/C16H13ClN2O3S/c1-10-7-8-13-11(4-3-9-18-13)15(10)19-23(21,22)14-6-2-5-12(17)16(14)20/h2-9,19-20H,1H3. The van der Waals surface area contributed by atoms with Crippen molar-refractivity contribution in [3.63, 3.8) is 0 Å². The first kappa shape index (κ1) is 15.6. The van der Waals surface area contributed by atoms with Crippen LogP contribution in [0.1, 0.15) is 5.56 Å². The van der Waals surface area contributed by atoms with E-state index < -0.39 is 15.8 Å².